The average Bonchev–Trinajstić information content (AvgIpc) is 2.80. The highest BCUT2D eigenvalue weighted by molar-refractivity contribution is 5.92. The number of amides is 1. The van der Waals surface area contributed by atoms with Crippen LogP contribution in [0.5, 0.6) is 0 Å². The third-order valence-corrected chi connectivity index (χ3v) is 2.07. The highest BCUT2D eigenvalue weighted by atomic mass is 16.1. The monoisotopic (exact) mass is 217 g/mol. The predicted molar refractivity (Wildman–Crippen MR) is 58.7 cm³/mol. The van der Waals surface area contributed by atoms with E-state index in [9.17, 15) is 4.79 Å². The van der Waals surface area contributed by atoms with Gasteiger partial charge < -0.3 is 11.1 Å². The number of aromatic nitrogens is 3. The molecule has 0 saturated carbocycles. The molecule has 1 amide bonds. The summed E-state index contributed by atoms with van der Waals surface area (Å²) in [6.45, 7) is 0.600. The zero-order chi connectivity index (χ0) is 11.4. The van der Waals surface area contributed by atoms with Crippen molar-refractivity contribution < 1.29 is 4.79 Å². The molecule has 0 aliphatic carbocycles. The van der Waals surface area contributed by atoms with E-state index >= 15 is 0 Å². The van der Waals surface area contributed by atoms with Gasteiger partial charge in [0, 0.05) is 12.4 Å². The summed E-state index contributed by atoms with van der Waals surface area (Å²) in [7, 11) is 0. The number of H-pyrrole nitrogens is 1. The zero-order valence-corrected chi connectivity index (χ0v) is 8.47. The van der Waals surface area contributed by atoms with Gasteiger partial charge in [0.2, 0.25) is 5.91 Å². The fourth-order valence-electron chi connectivity index (χ4n) is 1.21. The highest BCUT2D eigenvalue weighted by Crippen LogP contribution is 2.05. The Morgan fingerprint density at radius 3 is 2.88 bits per heavy atom. The third-order valence-electron chi connectivity index (χ3n) is 2.07. The average molecular weight is 217 g/mol. The topological polar surface area (TPSA) is 96.7 Å². The Hall–Kier alpha value is -2.37. The summed E-state index contributed by atoms with van der Waals surface area (Å²) < 4.78 is 0. The number of hydrogen-bond donors (Lipinski definition) is 3. The molecule has 0 spiro atoms. The Balaban J connectivity index is 1.98. The normalized spacial score (nSPS) is 10.0. The molecule has 2 aromatic rings. The van der Waals surface area contributed by atoms with Gasteiger partial charge in [0.15, 0.2) is 0 Å². The molecule has 2 aromatic heterocycles. The van der Waals surface area contributed by atoms with Gasteiger partial charge in [-0.05, 0) is 18.2 Å². The number of hydrogen-bond acceptors (Lipinski definition) is 4. The van der Waals surface area contributed by atoms with Crippen LogP contribution in [0.1, 0.15) is 16.1 Å². The molecule has 82 valence electrons. The molecule has 6 heteroatoms. The number of pyridine rings is 1. The summed E-state index contributed by atoms with van der Waals surface area (Å²) in [4.78, 5) is 14.9. The van der Waals surface area contributed by atoms with E-state index in [4.69, 9.17) is 5.73 Å². The fraction of sp³-hybridized carbons (Fsp3) is 0.100. The van der Waals surface area contributed by atoms with Crippen molar-refractivity contribution in [1.29, 1.82) is 0 Å². The lowest BCUT2D eigenvalue weighted by molar-refractivity contribution is 0.1000. The second-order valence-electron chi connectivity index (χ2n) is 3.23. The SMILES string of the molecule is NC(=O)c1ccc(NCc2ccn[nH]2)nc1. The van der Waals surface area contributed by atoms with Crippen molar-refractivity contribution in [3.63, 3.8) is 0 Å². The van der Waals surface area contributed by atoms with Crippen LogP contribution in [0.15, 0.2) is 30.6 Å². The lowest BCUT2D eigenvalue weighted by Crippen LogP contribution is -2.11. The van der Waals surface area contributed by atoms with Crippen LogP contribution < -0.4 is 11.1 Å². The Kier molecular flexibility index (Phi) is 2.81. The van der Waals surface area contributed by atoms with Gasteiger partial charge in [0.05, 0.1) is 17.8 Å². The summed E-state index contributed by atoms with van der Waals surface area (Å²) in [6, 6.07) is 5.20. The number of rotatable bonds is 4. The van der Waals surface area contributed by atoms with Crippen LogP contribution in [-0.2, 0) is 6.54 Å². The van der Waals surface area contributed by atoms with E-state index in [1.807, 2.05) is 6.07 Å². The van der Waals surface area contributed by atoms with Crippen LogP contribution in [0.4, 0.5) is 5.82 Å². The molecule has 2 heterocycles. The molecule has 0 aliphatic rings. The maximum absolute atomic E-state index is 10.8. The number of primary amides is 1. The van der Waals surface area contributed by atoms with Crippen molar-refractivity contribution in [2.75, 3.05) is 5.32 Å². The van der Waals surface area contributed by atoms with Crippen molar-refractivity contribution >= 4 is 11.7 Å². The van der Waals surface area contributed by atoms with E-state index in [2.05, 4.69) is 20.5 Å². The Bertz CT molecular complexity index is 462. The molecule has 0 atom stereocenters. The second kappa shape index (κ2) is 4.43. The number of anilines is 1. The van der Waals surface area contributed by atoms with Gasteiger partial charge in [-0.25, -0.2) is 4.98 Å². The molecule has 0 fully saturated rings. The van der Waals surface area contributed by atoms with E-state index in [-0.39, 0.29) is 0 Å². The Labute approximate surface area is 91.9 Å². The standard InChI is InChI=1S/C10H11N5O/c11-10(16)7-1-2-9(12-5-7)13-6-8-3-4-14-15-8/h1-5H,6H2,(H2,11,16)(H,12,13)(H,14,15). The van der Waals surface area contributed by atoms with Gasteiger partial charge in [0.1, 0.15) is 5.82 Å². The number of aromatic amines is 1. The quantitative estimate of drug-likeness (QED) is 0.695. The van der Waals surface area contributed by atoms with E-state index in [1.54, 1.807) is 18.3 Å². The smallest absolute Gasteiger partial charge is 0.250 e. The number of nitrogens with zero attached hydrogens (tertiary/aromatic N) is 2. The van der Waals surface area contributed by atoms with E-state index in [1.165, 1.54) is 6.20 Å². The van der Waals surface area contributed by atoms with Crippen LogP contribution in [0.2, 0.25) is 0 Å². The maximum Gasteiger partial charge on any atom is 0.250 e. The molecular weight excluding hydrogens is 206 g/mol. The van der Waals surface area contributed by atoms with Crippen LogP contribution in [0.3, 0.4) is 0 Å². The molecule has 2 rings (SSSR count). The van der Waals surface area contributed by atoms with Crippen LogP contribution in [-0.4, -0.2) is 21.1 Å². The number of carbonyl (C=O) groups excluding carboxylic acids is 1. The predicted octanol–water partition coefficient (Wildman–Crippen LogP) is 0.516. The molecule has 16 heavy (non-hydrogen) atoms. The van der Waals surface area contributed by atoms with Crippen molar-refractivity contribution in [2.45, 2.75) is 6.54 Å². The van der Waals surface area contributed by atoms with Gasteiger partial charge in [-0.1, -0.05) is 0 Å². The van der Waals surface area contributed by atoms with Crippen LogP contribution >= 0.6 is 0 Å². The summed E-state index contributed by atoms with van der Waals surface area (Å²) in [5.74, 6) is 0.201. The van der Waals surface area contributed by atoms with E-state index in [0.717, 1.165) is 5.69 Å². The zero-order valence-electron chi connectivity index (χ0n) is 8.47. The molecule has 0 unspecified atom stereocenters. The van der Waals surface area contributed by atoms with Gasteiger partial charge >= 0.3 is 0 Å². The van der Waals surface area contributed by atoms with Crippen LogP contribution in [0.25, 0.3) is 0 Å². The molecule has 0 bridgehead atoms. The van der Waals surface area contributed by atoms with Crippen molar-refractivity contribution in [1.82, 2.24) is 15.2 Å². The molecule has 6 nitrogen and oxygen atoms in total. The van der Waals surface area contributed by atoms with Gasteiger partial charge in [-0.15, -0.1) is 0 Å². The Morgan fingerprint density at radius 2 is 2.31 bits per heavy atom. The van der Waals surface area contributed by atoms with Crippen molar-refractivity contribution in [3.8, 4) is 0 Å². The van der Waals surface area contributed by atoms with E-state index < -0.39 is 5.91 Å². The first-order valence-corrected chi connectivity index (χ1v) is 4.73. The molecule has 4 N–H and O–H groups in total. The molecule has 0 saturated heterocycles. The molecular formula is C10H11N5O. The minimum Gasteiger partial charge on any atom is -0.366 e. The van der Waals surface area contributed by atoms with Crippen molar-refractivity contribution in [2.24, 2.45) is 5.73 Å². The van der Waals surface area contributed by atoms with Crippen LogP contribution in [0, 0.1) is 0 Å². The maximum atomic E-state index is 10.8. The molecule has 0 aliphatic heterocycles. The third kappa shape index (κ3) is 2.35. The lowest BCUT2D eigenvalue weighted by atomic mass is 10.3. The number of nitrogens with one attached hydrogen (secondary N) is 2. The summed E-state index contributed by atoms with van der Waals surface area (Å²) >= 11 is 0. The van der Waals surface area contributed by atoms with Gasteiger partial charge in [0.25, 0.3) is 0 Å². The number of carbonyl (C=O) groups is 1. The first-order valence-electron chi connectivity index (χ1n) is 4.73. The molecule has 0 aromatic carbocycles. The van der Waals surface area contributed by atoms with Crippen molar-refractivity contribution in [3.05, 3.63) is 41.9 Å². The van der Waals surface area contributed by atoms with E-state index in [0.29, 0.717) is 17.9 Å². The summed E-state index contributed by atoms with van der Waals surface area (Å²) in [5.41, 5.74) is 6.46. The molecule has 0 radical (unpaired) electrons. The van der Waals surface area contributed by atoms with Gasteiger partial charge in [-0.2, -0.15) is 5.10 Å². The highest BCUT2D eigenvalue weighted by Gasteiger charge is 2.00. The largest absolute Gasteiger partial charge is 0.366 e. The minimum absolute atomic E-state index is 0.395. The fourth-order valence-corrected chi connectivity index (χ4v) is 1.21. The number of nitrogens with two attached hydrogens (primary N) is 1. The summed E-state index contributed by atoms with van der Waals surface area (Å²) in [6.07, 6.45) is 3.12. The first kappa shape index (κ1) is 10.2. The summed E-state index contributed by atoms with van der Waals surface area (Å²) in [5, 5.41) is 9.73. The first-order chi connectivity index (χ1) is 7.75. The minimum atomic E-state index is -0.479. The van der Waals surface area contributed by atoms with Gasteiger partial charge in [-0.3, -0.25) is 9.89 Å². The Morgan fingerprint density at radius 1 is 1.44 bits per heavy atom. The lowest BCUT2D eigenvalue weighted by Gasteiger charge is -2.03. The second-order valence-corrected chi connectivity index (χ2v) is 3.23.